The number of carbonyl (C=O) groups is 2. The van der Waals surface area contributed by atoms with Crippen LogP contribution in [0.5, 0.6) is 0 Å². The zero-order chi connectivity index (χ0) is 13.2. The van der Waals surface area contributed by atoms with E-state index in [0.29, 0.717) is 13.2 Å². The number of anilines is 1. The Kier molecular flexibility index (Phi) is 6.32. The van der Waals surface area contributed by atoms with Gasteiger partial charge in [0.05, 0.1) is 19.6 Å². The Morgan fingerprint density at radius 1 is 1.22 bits per heavy atom. The molecule has 0 bridgehead atoms. The van der Waals surface area contributed by atoms with Crippen molar-refractivity contribution in [3.05, 3.63) is 30.3 Å². The Morgan fingerprint density at radius 2 is 1.94 bits per heavy atom. The summed E-state index contributed by atoms with van der Waals surface area (Å²) in [6.07, 6.45) is 0.199. The van der Waals surface area contributed by atoms with Crippen molar-refractivity contribution in [3.8, 4) is 0 Å². The summed E-state index contributed by atoms with van der Waals surface area (Å²) >= 11 is 0. The maximum atomic E-state index is 11.4. The molecular weight excluding hydrogens is 232 g/mol. The molecule has 0 fully saturated rings. The Morgan fingerprint density at radius 3 is 2.61 bits per heavy atom. The zero-order valence-corrected chi connectivity index (χ0v) is 10.4. The molecule has 0 aromatic heterocycles. The molecule has 0 aliphatic heterocycles. The van der Waals surface area contributed by atoms with E-state index in [2.05, 4.69) is 10.6 Å². The van der Waals surface area contributed by atoms with Gasteiger partial charge in [-0.15, -0.1) is 0 Å². The normalized spacial score (nSPS) is 9.61. The third-order valence-electron chi connectivity index (χ3n) is 2.18. The molecule has 0 saturated carbocycles. The smallest absolute Gasteiger partial charge is 0.307 e. The van der Waals surface area contributed by atoms with Crippen LogP contribution in [0.1, 0.15) is 13.3 Å². The molecule has 1 aromatic rings. The number of esters is 1. The lowest BCUT2D eigenvalue weighted by Crippen LogP contribution is -2.31. The molecule has 98 valence electrons. The topological polar surface area (TPSA) is 67.4 Å². The fourth-order valence-corrected chi connectivity index (χ4v) is 1.34. The first-order chi connectivity index (χ1) is 8.72. The van der Waals surface area contributed by atoms with Gasteiger partial charge in [-0.3, -0.25) is 9.59 Å². The van der Waals surface area contributed by atoms with Gasteiger partial charge in [0.1, 0.15) is 0 Å². The lowest BCUT2D eigenvalue weighted by molar-refractivity contribution is -0.143. The van der Waals surface area contributed by atoms with Crippen LogP contribution in [-0.4, -0.2) is 31.6 Å². The Hall–Kier alpha value is -2.04. The van der Waals surface area contributed by atoms with Crippen LogP contribution >= 0.6 is 0 Å². The SMILES string of the molecule is CCOC(=O)CCNC(=O)CNc1ccccc1. The summed E-state index contributed by atoms with van der Waals surface area (Å²) in [6.45, 7) is 2.60. The van der Waals surface area contributed by atoms with Crippen LogP contribution in [0.4, 0.5) is 5.69 Å². The first-order valence-corrected chi connectivity index (χ1v) is 5.93. The van der Waals surface area contributed by atoms with Crippen molar-refractivity contribution in [2.45, 2.75) is 13.3 Å². The molecule has 1 aromatic carbocycles. The Bertz CT molecular complexity index is 379. The molecule has 1 amide bonds. The highest BCUT2D eigenvalue weighted by atomic mass is 16.5. The molecule has 0 radical (unpaired) electrons. The summed E-state index contributed by atoms with van der Waals surface area (Å²) < 4.78 is 4.75. The standard InChI is InChI=1S/C13H18N2O3/c1-2-18-13(17)8-9-14-12(16)10-15-11-6-4-3-5-7-11/h3-7,15H,2,8-10H2,1H3,(H,14,16). The van der Waals surface area contributed by atoms with Crippen molar-refractivity contribution in [1.82, 2.24) is 5.32 Å². The highest BCUT2D eigenvalue weighted by Gasteiger charge is 2.04. The number of hydrogen-bond donors (Lipinski definition) is 2. The minimum absolute atomic E-state index is 0.150. The predicted octanol–water partition coefficient (Wildman–Crippen LogP) is 1.17. The van der Waals surface area contributed by atoms with E-state index in [0.717, 1.165) is 5.69 Å². The number of hydrogen-bond acceptors (Lipinski definition) is 4. The summed E-state index contributed by atoms with van der Waals surface area (Å²) in [6, 6.07) is 9.45. The molecular formula is C13H18N2O3. The van der Waals surface area contributed by atoms with Crippen molar-refractivity contribution < 1.29 is 14.3 Å². The molecule has 5 nitrogen and oxygen atoms in total. The second-order valence-electron chi connectivity index (χ2n) is 3.62. The summed E-state index contributed by atoms with van der Waals surface area (Å²) in [5.74, 6) is -0.447. The largest absolute Gasteiger partial charge is 0.466 e. The Labute approximate surface area is 107 Å². The predicted molar refractivity (Wildman–Crippen MR) is 69.2 cm³/mol. The zero-order valence-electron chi connectivity index (χ0n) is 10.4. The van der Waals surface area contributed by atoms with E-state index in [4.69, 9.17) is 4.74 Å². The highest BCUT2D eigenvalue weighted by molar-refractivity contribution is 5.81. The molecule has 1 rings (SSSR count). The van der Waals surface area contributed by atoms with Crippen LogP contribution in [0, 0.1) is 0 Å². The van der Waals surface area contributed by atoms with Gasteiger partial charge < -0.3 is 15.4 Å². The average molecular weight is 250 g/mol. The molecule has 0 aliphatic carbocycles. The van der Waals surface area contributed by atoms with Crippen LogP contribution < -0.4 is 10.6 Å². The van der Waals surface area contributed by atoms with Gasteiger partial charge in [-0.2, -0.15) is 0 Å². The van der Waals surface area contributed by atoms with Crippen LogP contribution in [0.3, 0.4) is 0 Å². The monoisotopic (exact) mass is 250 g/mol. The van der Waals surface area contributed by atoms with Gasteiger partial charge in [0.15, 0.2) is 0 Å². The number of ether oxygens (including phenoxy) is 1. The first-order valence-electron chi connectivity index (χ1n) is 5.93. The number of rotatable bonds is 7. The van der Waals surface area contributed by atoms with Gasteiger partial charge in [0, 0.05) is 12.2 Å². The van der Waals surface area contributed by atoms with E-state index in [1.165, 1.54) is 0 Å². The molecule has 0 spiro atoms. The van der Waals surface area contributed by atoms with Crippen molar-refractivity contribution in [3.63, 3.8) is 0 Å². The lowest BCUT2D eigenvalue weighted by atomic mass is 10.3. The first kappa shape index (κ1) is 14.0. The van der Waals surface area contributed by atoms with E-state index >= 15 is 0 Å². The van der Waals surface area contributed by atoms with Gasteiger partial charge in [0.2, 0.25) is 5.91 Å². The molecule has 2 N–H and O–H groups in total. The number of carbonyl (C=O) groups excluding carboxylic acids is 2. The second-order valence-corrected chi connectivity index (χ2v) is 3.62. The lowest BCUT2D eigenvalue weighted by Gasteiger charge is -2.07. The number of benzene rings is 1. The van der Waals surface area contributed by atoms with Gasteiger partial charge in [-0.05, 0) is 19.1 Å². The van der Waals surface area contributed by atoms with Crippen molar-refractivity contribution in [1.29, 1.82) is 0 Å². The third kappa shape index (κ3) is 5.89. The molecule has 18 heavy (non-hydrogen) atoms. The summed E-state index contributed by atoms with van der Waals surface area (Å²) in [5.41, 5.74) is 0.887. The summed E-state index contributed by atoms with van der Waals surface area (Å²) in [7, 11) is 0. The number of nitrogens with one attached hydrogen (secondary N) is 2. The molecule has 0 unspecified atom stereocenters. The quantitative estimate of drug-likeness (QED) is 0.713. The van der Waals surface area contributed by atoms with Crippen LogP contribution in [0.15, 0.2) is 30.3 Å². The molecule has 0 atom stereocenters. The maximum absolute atomic E-state index is 11.4. The van der Waals surface area contributed by atoms with E-state index < -0.39 is 0 Å². The highest BCUT2D eigenvalue weighted by Crippen LogP contribution is 2.03. The molecule has 0 heterocycles. The minimum atomic E-state index is -0.297. The Balaban J connectivity index is 2.13. The molecule has 5 heteroatoms. The van der Waals surface area contributed by atoms with Crippen LogP contribution in [0.25, 0.3) is 0 Å². The van der Waals surface area contributed by atoms with E-state index in [9.17, 15) is 9.59 Å². The van der Waals surface area contributed by atoms with Gasteiger partial charge in [0.25, 0.3) is 0 Å². The fourth-order valence-electron chi connectivity index (χ4n) is 1.34. The minimum Gasteiger partial charge on any atom is -0.466 e. The van der Waals surface area contributed by atoms with Gasteiger partial charge >= 0.3 is 5.97 Å². The molecule has 0 saturated heterocycles. The van der Waals surface area contributed by atoms with Crippen LogP contribution in [-0.2, 0) is 14.3 Å². The van der Waals surface area contributed by atoms with Crippen molar-refractivity contribution in [2.75, 3.05) is 25.0 Å². The van der Waals surface area contributed by atoms with E-state index in [1.54, 1.807) is 6.92 Å². The summed E-state index contributed by atoms with van der Waals surface area (Å²) in [4.78, 5) is 22.4. The summed E-state index contributed by atoms with van der Waals surface area (Å²) in [5, 5.41) is 5.62. The van der Waals surface area contributed by atoms with Gasteiger partial charge in [-0.1, -0.05) is 18.2 Å². The maximum Gasteiger partial charge on any atom is 0.307 e. The van der Waals surface area contributed by atoms with Gasteiger partial charge in [-0.25, -0.2) is 0 Å². The number of amides is 1. The fraction of sp³-hybridized carbons (Fsp3) is 0.385. The number of para-hydroxylation sites is 1. The second kappa shape index (κ2) is 8.11. The van der Waals surface area contributed by atoms with Crippen molar-refractivity contribution >= 4 is 17.6 Å². The third-order valence-corrected chi connectivity index (χ3v) is 2.18. The van der Waals surface area contributed by atoms with Crippen LogP contribution in [0.2, 0.25) is 0 Å². The van der Waals surface area contributed by atoms with E-state index in [-0.39, 0.29) is 24.8 Å². The molecule has 0 aliphatic rings. The average Bonchev–Trinajstić information content (AvgIpc) is 2.38. The van der Waals surface area contributed by atoms with Crippen molar-refractivity contribution in [2.24, 2.45) is 0 Å². The van der Waals surface area contributed by atoms with E-state index in [1.807, 2.05) is 30.3 Å².